The van der Waals surface area contributed by atoms with Crippen molar-refractivity contribution in [2.45, 2.75) is 58.2 Å². The molecule has 0 radical (unpaired) electrons. The predicted molar refractivity (Wildman–Crippen MR) is 69.9 cm³/mol. The molecule has 0 amide bonds. The smallest absolute Gasteiger partial charge is 0.0738 e. The maximum Gasteiger partial charge on any atom is 0.0738 e. The van der Waals surface area contributed by atoms with E-state index >= 15 is 0 Å². The van der Waals surface area contributed by atoms with Gasteiger partial charge in [-0.05, 0) is 32.8 Å². The van der Waals surface area contributed by atoms with Gasteiger partial charge in [-0.3, -0.25) is 4.98 Å². The lowest BCUT2D eigenvalue weighted by Gasteiger charge is -2.32. The first-order valence-electron chi connectivity index (χ1n) is 6.59. The van der Waals surface area contributed by atoms with Crippen LogP contribution in [0.4, 0.5) is 0 Å². The molecular weight excluding hydrogens is 228 g/mol. The first-order chi connectivity index (χ1) is 8.69. The quantitative estimate of drug-likeness (QED) is 0.888. The predicted octanol–water partition coefficient (Wildman–Crippen LogP) is 2.01. The van der Waals surface area contributed by atoms with E-state index in [0.29, 0.717) is 13.2 Å². The van der Waals surface area contributed by atoms with E-state index < -0.39 is 0 Å². The van der Waals surface area contributed by atoms with Gasteiger partial charge in [0, 0.05) is 18.3 Å². The number of nitrogens with zero attached hydrogens (tertiary/aromatic N) is 1. The molecule has 2 atom stereocenters. The lowest BCUT2D eigenvalue weighted by Crippen LogP contribution is -2.34. The second-order valence-electron chi connectivity index (χ2n) is 4.98. The topological polar surface area (TPSA) is 57.4 Å². The molecule has 1 fully saturated rings. The Morgan fingerprint density at radius 3 is 2.78 bits per heavy atom. The lowest BCUT2D eigenvalue weighted by atomic mass is 10.0. The number of nitrogens with two attached hydrogens (primary N) is 1. The Hall–Kier alpha value is -0.970. The number of hydrogen-bond acceptors (Lipinski definition) is 4. The highest BCUT2D eigenvalue weighted by molar-refractivity contribution is 5.18. The first-order valence-corrected chi connectivity index (χ1v) is 6.59. The number of rotatable bonds is 4. The van der Waals surface area contributed by atoms with E-state index in [1.807, 2.05) is 12.1 Å². The van der Waals surface area contributed by atoms with Crippen LogP contribution in [0, 0.1) is 0 Å². The Morgan fingerprint density at radius 1 is 1.39 bits per heavy atom. The second-order valence-corrected chi connectivity index (χ2v) is 4.98. The Balaban J connectivity index is 1.91. The fourth-order valence-corrected chi connectivity index (χ4v) is 2.47. The molecule has 2 unspecified atom stereocenters. The third-order valence-electron chi connectivity index (χ3n) is 3.31. The van der Waals surface area contributed by atoms with E-state index in [2.05, 4.69) is 18.8 Å². The SMILES string of the molecule is CC1CC(OCc2cccnc2CN)CC(C)O1. The summed E-state index contributed by atoms with van der Waals surface area (Å²) in [6.45, 7) is 5.24. The molecule has 1 aliphatic rings. The number of aromatic nitrogens is 1. The summed E-state index contributed by atoms with van der Waals surface area (Å²) in [5.74, 6) is 0. The van der Waals surface area contributed by atoms with Gasteiger partial charge in [-0.15, -0.1) is 0 Å². The van der Waals surface area contributed by atoms with Crippen LogP contribution in [-0.4, -0.2) is 23.3 Å². The minimum atomic E-state index is 0.273. The highest BCUT2D eigenvalue weighted by Gasteiger charge is 2.25. The highest BCUT2D eigenvalue weighted by atomic mass is 16.5. The summed E-state index contributed by atoms with van der Waals surface area (Å²) in [7, 11) is 0. The molecule has 100 valence electrons. The van der Waals surface area contributed by atoms with Gasteiger partial charge in [-0.1, -0.05) is 6.07 Å². The zero-order valence-corrected chi connectivity index (χ0v) is 11.1. The molecule has 2 heterocycles. The number of pyridine rings is 1. The van der Waals surface area contributed by atoms with Crippen molar-refractivity contribution in [3.8, 4) is 0 Å². The molecule has 1 aromatic rings. The molecule has 1 saturated heterocycles. The average molecular weight is 250 g/mol. The van der Waals surface area contributed by atoms with Crippen molar-refractivity contribution in [2.24, 2.45) is 5.73 Å². The third-order valence-corrected chi connectivity index (χ3v) is 3.31. The van der Waals surface area contributed by atoms with Gasteiger partial charge in [0.15, 0.2) is 0 Å². The Kier molecular flexibility index (Phi) is 4.69. The van der Waals surface area contributed by atoms with Crippen LogP contribution < -0.4 is 5.73 Å². The van der Waals surface area contributed by atoms with Crippen molar-refractivity contribution in [1.29, 1.82) is 0 Å². The van der Waals surface area contributed by atoms with Crippen LogP contribution in [0.5, 0.6) is 0 Å². The van der Waals surface area contributed by atoms with Crippen LogP contribution in [0.1, 0.15) is 37.9 Å². The zero-order valence-electron chi connectivity index (χ0n) is 11.1. The normalized spacial score (nSPS) is 28.3. The van der Waals surface area contributed by atoms with E-state index in [0.717, 1.165) is 24.1 Å². The Morgan fingerprint density at radius 2 is 2.11 bits per heavy atom. The van der Waals surface area contributed by atoms with Gasteiger partial charge in [0.2, 0.25) is 0 Å². The van der Waals surface area contributed by atoms with Crippen LogP contribution in [0.3, 0.4) is 0 Å². The molecule has 1 aliphatic heterocycles. The number of hydrogen-bond donors (Lipinski definition) is 1. The van der Waals surface area contributed by atoms with Crippen molar-refractivity contribution < 1.29 is 9.47 Å². The number of ether oxygens (including phenoxy) is 2. The van der Waals surface area contributed by atoms with Crippen LogP contribution in [0.25, 0.3) is 0 Å². The molecular formula is C14H22N2O2. The monoisotopic (exact) mass is 250 g/mol. The van der Waals surface area contributed by atoms with Gasteiger partial charge in [0.25, 0.3) is 0 Å². The largest absolute Gasteiger partial charge is 0.375 e. The van der Waals surface area contributed by atoms with E-state index in [9.17, 15) is 0 Å². The van der Waals surface area contributed by atoms with Gasteiger partial charge in [-0.2, -0.15) is 0 Å². The van der Waals surface area contributed by atoms with Crippen LogP contribution >= 0.6 is 0 Å². The molecule has 2 rings (SSSR count). The van der Waals surface area contributed by atoms with Crippen molar-refractivity contribution in [3.63, 3.8) is 0 Å². The summed E-state index contributed by atoms with van der Waals surface area (Å²) in [6, 6.07) is 3.95. The maximum absolute atomic E-state index is 5.98. The van der Waals surface area contributed by atoms with Gasteiger partial charge in [0.05, 0.1) is 30.6 Å². The van der Waals surface area contributed by atoms with Crippen LogP contribution in [0.2, 0.25) is 0 Å². The van der Waals surface area contributed by atoms with Crippen molar-refractivity contribution in [2.75, 3.05) is 0 Å². The van der Waals surface area contributed by atoms with Gasteiger partial charge < -0.3 is 15.2 Å². The zero-order chi connectivity index (χ0) is 13.0. The Bertz CT molecular complexity index is 374. The maximum atomic E-state index is 5.98. The van der Waals surface area contributed by atoms with Gasteiger partial charge in [-0.25, -0.2) is 0 Å². The molecule has 1 aromatic heterocycles. The fourth-order valence-electron chi connectivity index (χ4n) is 2.47. The molecule has 0 saturated carbocycles. The molecule has 18 heavy (non-hydrogen) atoms. The summed E-state index contributed by atoms with van der Waals surface area (Å²) in [5, 5.41) is 0. The average Bonchev–Trinajstić information content (AvgIpc) is 2.35. The minimum Gasteiger partial charge on any atom is -0.375 e. The van der Waals surface area contributed by atoms with Crippen molar-refractivity contribution in [3.05, 3.63) is 29.6 Å². The summed E-state index contributed by atoms with van der Waals surface area (Å²) >= 11 is 0. The highest BCUT2D eigenvalue weighted by Crippen LogP contribution is 2.22. The summed E-state index contributed by atoms with van der Waals surface area (Å²) in [6.07, 6.45) is 4.52. The van der Waals surface area contributed by atoms with Crippen molar-refractivity contribution >= 4 is 0 Å². The third kappa shape index (κ3) is 3.51. The minimum absolute atomic E-state index is 0.273. The van der Waals surface area contributed by atoms with Crippen LogP contribution in [0.15, 0.2) is 18.3 Å². The summed E-state index contributed by atoms with van der Waals surface area (Å²) < 4.78 is 11.7. The molecule has 0 bridgehead atoms. The van der Waals surface area contributed by atoms with E-state index in [-0.39, 0.29) is 18.3 Å². The van der Waals surface area contributed by atoms with Gasteiger partial charge >= 0.3 is 0 Å². The van der Waals surface area contributed by atoms with Gasteiger partial charge in [0.1, 0.15) is 0 Å². The second kappa shape index (κ2) is 6.27. The molecule has 2 N–H and O–H groups in total. The standard InChI is InChI=1S/C14H22N2O2/c1-10-6-13(7-11(2)18-10)17-9-12-4-3-5-16-14(12)8-15/h3-5,10-11,13H,6-9,15H2,1-2H3. The summed E-state index contributed by atoms with van der Waals surface area (Å²) in [5.41, 5.74) is 7.68. The molecule has 0 aromatic carbocycles. The Labute approximate surface area is 108 Å². The van der Waals surface area contributed by atoms with Crippen LogP contribution in [-0.2, 0) is 22.6 Å². The molecule has 0 aliphatic carbocycles. The molecule has 0 spiro atoms. The first kappa shape index (κ1) is 13.5. The lowest BCUT2D eigenvalue weighted by molar-refractivity contribution is -0.106. The van der Waals surface area contributed by atoms with Crippen molar-refractivity contribution in [1.82, 2.24) is 4.98 Å². The van der Waals surface area contributed by atoms with E-state index in [1.165, 1.54) is 0 Å². The van der Waals surface area contributed by atoms with E-state index in [4.69, 9.17) is 15.2 Å². The fraction of sp³-hybridized carbons (Fsp3) is 0.643. The molecule has 4 heteroatoms. The summed E-state index contributed by atoms with van der Waals surface area (Å²) in [4.78, 5) is 4.26. The molecule has 4 nitrogen and oxygen atoms in total. The van der Waals surface area contributed by atoms with E-state index in [1.54, 1.807) is 6.20 Å².